The van der Waals surface area contributed by atoms with Crippen LogP contribution in [-0.2, 0) is 14.8 Å². The third-order valence-electron chi connectivity index (χ3n) is 4.14. The van der Waals surface area contributed by atoms with E-state index in [0.29, 0.717) is 11.5 Å². The molecule has 28 heavy (non-hydrogen) atoms. The number of aliphatic hydroxyl groups is 1. The average Bonchev–Trinajstić information content (AvgIpc) is 2.64. The number of ether oxygens (including phenoxy) is 1. The van der Waals surface area contributed by atoms with Gasteiger partial charge in [-0.05, 0) is 45.0 Å². The summed E-state index contributed by atoms with van der Waals surface area (Å²) in [7, 11) is -3.96. The lowest BCUT2D eigenvalue weighted by Crippen LogP contribution is -2.61. The summed E-state index contributed by atoms with van der Waals surface area (Å²) in [5.41, 5.74) is 1.58. The molecule has 0 saturated carbocycles. The Kier molecular flexibility index (Phi) is 7.36. The van der Waals surface area contributed by atoms with Crippen molar-refractivity contribution in [2.75, 3.05) is 18.9 Å². The highest BCUT2D eigenvalue weighted by Crippen LogP contribution is 2.38. The van der Waals surface area contributed by atoms with E-state index < -0.39 is 32.8 Å². The largest absolute Gasteiger partial charge is 0.481 e. The fourth-order valence-electron chi connectivity index (χ4n) is 2.87. The summed E-state index contributed by atoms with van der Waals surface area (Å²) in [6.45, 7) is 5.29. The Morgan fingerprint density at radius 2 is 2.07 bits per heavy atom. The van der Waals surface area contributed by atoms with Crippen molar-refractivity contribution in [3.05, 3.63) is 24.3 Å². The molecule has 0 bridgehead atoms. The molecular formula is C18H24N2O6S2. The van der Waals surface area contributed by atoms with Crippen LogP contribution >= 0.6 is 11.8 Å². The number of sulfonamides is 1. The van der Waals surface area contributed by atoms with Crippen molar-refractivity contribution in [1.29, 1.82) is 0 Å². The van der Waals surface area contributed by atoms with Crippen molar-refractivity contribution >= 4 is 27.7 Å². The van der Waals surface area contributed by atoms with Crippen LogP contribution in [0.2, 0.25) is 0 Å². The second-order valence-electron chi connectivity index (χ2n) is 6.70. The summed E-state index contributed by atoms with van der Waals surface area (Å²) in [4.78, 5) is 12.2. The average molecular weight is 429 g/mol. The Morgan fingerprint density at radius 1 is 1.43 bits per heavy atom. The summed E-state index contributed by atoms with van der Waals surface area (Å²) in [6.07, 6.45) is -0.743. The number of nitrogens with zero attached hydrogens (tertiary/aromatic N) is 1. The number of benzene rings is 1. The SMILES string of the molecule is CC(O)C#CCOc1ccc(S(=O)(=O)N2CCSC(C)(C)C2C(=O)NO)cc1. The molecule has 1 heterocycles. The monoisotopic (exact) mass is 428 g/mol. The van der Waals surface area contributed by atoms with Gasteiger partial charge in [0.05, 0.1) is 4.90 Å². The fourth-order valence-corrected chi connectivity index (χ4v) is 5.98. The van der Waals surface area contributed by atoms with Crippen LogP contribution in [0.15, 0.2) is 29.2 Å². The maximum absolute atomic E-state index is 13.1. The maximum atomic E-state index is 13.1. The zero-order valence-electron chi connectivity index (χ0n) is 15.9. The lowest BCUT2D eigenvalue weighted by atomic mass is 10.0. The first-order chi connectivity index (χ1) is 13.1. The summed E-state index contributed by atoms with van der Waals surface area (Å²) >= 11 is 1.47. The van der Waals surface area contributed by atoms with Gasteiger partial charge in [-0.15, -0.1) is 0 Å². The van der Waals surface area contributed by atoms with Crippen molar-refractivity contribution in [3.8, 4) is 17.6 Å². The molecule has 1 saturated heterocycles. The van der Waals surface area contributed by atoms with Gasteiger partial charge >= 0.3 is 0 Å². The van der Waals surface area contributed by atoms with Crippen LogP contribution in [0.5, 0.6) is 5.75 Å². The smallest absolute Gasteiger partial charge is 0.263 e. The first-order valence-electron chi connectivity index (χ1n) is 8.58. The number of carbonyl (C=O) groups excluding carboxylic acids is 1. The molecule has 0 radical (unpaired) electrons. The topological polar surface area (TPSA) is 116 Å². The van der Waals surface area contributed by atoms with Gasteiger partial charge in [0.15, 0.2) is 0 Å². The molecule has 0 aromatic heterocycles. The van der Waals surface area contributed by atoms with Gasteiger partial charge in [-0.3, -0.25) is 10.0 Å². The Labute approximate surface area is 169 Å². The van der Waals surface area contributed by atoms with Crippen LogP contribution < -0.4 is 10.2 Å². The van der Waals surface area contributed by atoms with Crippen molar-refractivity contribution in [2.24, 2.45) is 0 Å². The second-order valence-corrected chi connectivity index (χ2v) is 10.3. The number of rotatable bonds is 5. The highest BCUT2D eigenvalue weighted by atomic mass is 32.2. The highest BCUT2D eigenvalue weighted by Gasteiger charge is 2.48. The van der Waals surface area contributed by atoms with E-state index in [9.17, 15) is 13.2 Å². The molecule has 2 rings (SSSR count). The van der Waals surface area contributed by atoms with Crippen LogP contribution in [0.25, 0.3) is 0 Å². The Hall–Kier alpha value is -1.77. The minimum atomic E-state index is -3.96. The molecule has 1 amide bonds. The number of hydroxylamine groups is 1. The molecule has 1 fully saturated rings. The van der Waals surface area contributed by atoms with Crippen molar-refractivity contribution in [2.45, 2.75) is 42.6 Å². The van der Waals surface area contributed by atoms with E-state index in [1.54, 1.807) is 19.3 Å². The summed E-state index contributed by atoms with van der Waals surface area (Å²) in [5, 5.41) is 18.1. The lowest BCUT2D eigenvalue weighted by molar-refractivity contribution is -0.134. The number of aliphatic hydroxyl groups excluding tert-OH is 1. The van der Waals surface area contributed by atoms with Crippen LogP contribution in [0.3, 0.4) is 0 Å². The molecule has 2 unspecified atom stereocenters. The molecule has 154 valence electrons. The molecule has 10 heteroatoms. The van der Waals surface area contributed by atoms with Gasteiger partial charge < -0.3 is 9.84 Å². The van der Waals surface area contributed by atoms with Gasteiger partial charge in [0.2, 0.25) is 10.0 Å². The van der Waals surface area contributed by atoms with E-state index >= 15 is 0 Å². The van der Waals surface area contributed by atoms with Crippen LogP contribution in [0, 0.1) is 11.8 Å². The molecule has 1 aliphatic rings. The van der Waals surface area contributed by atoms with E-state index in [1.807, 2.05) is 0 Å². The minimum absolute atomic E-state index is 0.0216. The standard InChI is InChI=1S/C18H24N2O6S2/c1-13(21)5-4-11-26-14-6-8-15(9-7-14)28(24,25)20-10-12-27-18(2,3)16(20)17(22)19-23/h6-9,13,16,21,23H,10-12H2,1-3H3,(H,19,22). The zero-order chi connectivity index (χ0) is 20.9. The van der Waals surface area contributed by atoms with E-state index in [4.69, 9.17) is 15.1 Å². The first-order valence-corrected chi connectivity index (χ1v) is 11.0. The summed E-state index contributed by atoms with van der Waals surface area (Å²) in [5.74, 6) is 5.38. The highest BCUT2D eigenvalue weighted by molar-refractivity contribution is 8.00. The maximum Gasteiger partial charge on any atom is 0.263 e. The third-order valence-corrected chi connectivity index (χ3v) is 7.38. The predicted octanol–water partition coefficient (Wildman–Crippen LogP) is 0.840. The molecule has 2 atom stereocenters. The van der Waals surface area contributed by atoms with Gasteiger partial charge in [0, 0.05) is 17.0 Å². The molecule has 1 aromatic carbocycles. The van der Waals surface area contributed by atoms with Crippen LogP contribution in [-0.4, -0.2) is 64.7 Å². The fraction of sp³-hybridized carbons (Fsp3) is 0.500. The Bertz CT molecular complexity index is 856. The number of carbonyl (C=O) groups is 1. The van der Waals surface area contributed by atoms with Gasteiger partial charge in [0.1, 0.15) is 24.5 Å². The quantitative estimate of drug-likeness (QED) is 0.361. The van der Waals surface area contributed by atoms with Gasteiger partial charge in [-0.1, -0.05) is 11.8 Å². The van der Waals surface area contributed by atoms with Gasteiger partial charge in [0.25, 0.3) is 5.91 Å². The molecule has 1 aromatic rings. The number of thioether (sulfide) groups is 1. The number of nitrogens with one attached hydrogen (secondary N) is 1. The summed E-state index contributed by atoms with van der Waals surface area (Å²) < 4.78 is 32.0. The van der Waals surface area contributed by atoms with Gasteiger partial charge in [-0.25, -0.2) is 13.9 Å². The van der Waals surface area contributed by atoms with Crippen LogP contribution in [0.4, 0.5) is 0 Å². The lowest BCUT2D eigenvalue weighted by Gasteiger charge is -2.43. The zero-order valence-corrected chi connectivity index (χ0v) is 17.5. The molecule has 0 aliphatic carbocycles. The summed E-state index contributed by atoms with van der Waals surface area (Å²) in [6, 6.07) is 4.75. The van der Waals surface area contributed by atoms with E-state index in [-0.39, 0.29) is 18.0 Å². The number of hydrogen-bond donors (Lipinski definition) is 3. The molecule has 0 spiro atoms. The van der Waals surface area contributed by atoms with Crippen molar-refractivity contribution < 1.29 is 28.3 Å². The normalized spacial score (nSPS) is 20.5. The van der Waals surface area contributed by atoms with Gasteiger partial charge in [-0.2, -0.15) is 16.1 Å². The Morgan fingerprint density at radius 3 is 2.64 bits per heavy atom. The van der Waals surface area contributed by atoms with Crippen molar-refractivity contribution in [1.82, 2.24) is 9.79 Å². The van der Waals surface area contributed by atoms with E-state index in [0.717, 1.165) is 4.31 Å². The second kappa shape index (κ2) is 9.15. The molecule has 1 aliphatic heterocycles. The number of hydrogen-bond acceptors (Lipinski definition) is 7. The minimum Gasteiger partial charge on any atom is -0.481 e. The molecule has 3 N–H and O–H groups in total. The third kappa shape index (κ3) is 5.18. The van der Waals surface area contributed by atoms with Crippen LogP contribution in [0.1, 0.15) is 20.8 Å². The Balaban J connectivity index is 2.23. The predicted molar refractivity (Wildman–Crippen MR) is 106 cm³/mol. The first kappa shape index (κ1) is 22.5. The molecule has 8 nitrogen and oxygen atoms in total. The molecular weight excluding hydrogens is 404 g/mol. The number of amides is 1. The van der Waals surface area contributed by atoms with E-state index in [2.05, 4.69) is 11.8 Å². The van der Waals surface area contributed by atoms with E-state index in [1.165, 1.54) is 43.0 Å². The van der Waals surface area contributed by atoms with Crippen molar-refractivity contribution in [3.63, 3.8) is 0 Å².